The number of hydrogen-bond donors (Lipinski definition) is 0. The summed E-state index contributed by atoms with van der Waals surface area (Å²) in [5, 5.41) is 1.14. The zero-order chi connectivity index (χ0) is 24.2. The maximum atomic E-state index is 14.2. The molecular weight excluding hydrogens is 445 g/mol. The third kappa shape index (κ3) is 4.99. The van der Waals surface area contributed by atoms with Gasteiger partial charge in [0.15, 0.2) is 5.76 Å². The van der Waals surface area contributed by atoms with E-state index in [0.29, 0.717) is 50.5 Å². The number of rotatable bonds is 7. The lowest BCUT2D eigenvalue weighted by Gasteiger charge is -2.34. The van der Waals surface area contributed by atoms with Crippen molar-refractivity contribution < 1.29 is 18.4 Å². The van der Waals surface area contributed by atoms with E-state index < -0.39 is 0 Å². The number of amides is 2. The average Bonchev–Trinajstić information content (AvgIpc) is 3.54. The van der Waals surface area contributed by atoms with Gasteiger partial charge in [0.25, 0.3) is 5.91 Å². The van der Waals surface area contributed by atoms with Crippen LogP contribution in [0.15, 0.2) is 77.5 Å². The SMILES string of the molecule is O=C(CCCc1cn(Cc2ccccc2F)c2ccccc12)N1CCN(C(=O)c2ccco2)CC1. The molecular formula is C28H28FN3O3. The van der Waals surface area contributed by atoms with Gasteiger partial charge in [0.2, 0.25) is 5.91 Å². The second-order valence-corrected chi connectivity index (χ2v) is 8.89. The molecule has 3 heterocycles. The number of halogens is 1. The van der Waals surface area contributed by atoms with Crippen molar-refractivity contribution in [3.63, 3.8) is 0 Å². The number of carbonyl (C=O) groups is 2. The van der Waals surface area contributed by atoms with Crippen LogP contribution in [0.4, 0.5) is 4.39 Å². The molecule has 1 saturated heterocycles. The van der Waals surface area contributed by atoms with Gasteiger partial charge in [-0.3, -0.25) is 9.59 Å². The molecule has 0 N–H and O–H groups in total. The summed E-state index contributed by atoms with van der Waals surface area (Å²) in [6, 6.07) is 18.3. The number of aromatic nitrogens is 1. The maximum absolute atomic E-state index is 14.2. The Kier molecular flexibility index (Phi) is 6.66. The number of piperazine rings is 1. The molecule has 7 heteroatoms. The topological polar surface area (TPSA) is 58.7 Å². The van der Waals surface area contributed by atoms with Crippen molar-refractivity contribution in [1.82, 2.24) is 14.4 Å². The van der Waals surface area contributed by atoms with Gasteiger partial charge in [-0.25, -0.2) is 4.39 Å². The highest BCUT2D eigenvalue weighted by Gasteiger charge is 2.25. The van der Waals surface area contributed by atoms with Crippen molar-refractivity contribution >= 4 is 22.7 Å². The molecule has 2 aromatic heterocycles. The summed E-state index contributed by atoms with van der Waals surface area (Å²) in [7, 11) is 0. The molecule has 0 atom stereocenters. The van der Waals surface area contributed by atoms with E-state index in [-0.39, 0.29) is 17.6 Å². The molecule has 0 unspecified atom stereocenters. The Labute approximate surface area is 203 Å². The van der Waals surface area contributed by atoms with Gasteiger partial charge >= 0.3 is 0 Å². The minimum Gasteiger partial charge on any atom is -0.459 e. The molecule has 1 fully saturated rings. The highest BCUT2D eigenvalue weighted by Crippen LogP contribution is 2.25. The minimum absolute atomic E-state index is 0.116. The number of benzene rings is 2. The van der Waals surface area contributed by atoms with Crippen molar-refractivity contribution in [3.05, 3.63) is 95.8 Å². The first-order valence-corrected chi connectivity index (χ1v) is 12.0. The third-order valence-corrected chi connectivity index (χ3v) is 6.66. The summed E-state index contributed by atoms with van der Waals surface area (Å²) in [6.07, 6.45) is 5.54. The fraction of sp³-hybridized carbons (Fsp3) is 0.286. The number of nitrogens with zero attached hydrogens (tertiary/aromatic N) is 3. The normalized spacial score (nSPS) is 14.0. The fourth-order valence-electron chi connectivity index (χ4n) is 4.77. The van der Waals surface area contributed by atoms with E-state index in [1.165, 1.54) is 17.9 Å². The largest absolute Gasteiger partial charge is 0.459 e. The van der Waals surface area contributed by atoms with E-state index in [4.69, 9.17) is 4.42 Å². The highest BCUT2D eigenvalue weighted by molar-refractivity contribution is 5.91. The van der Waals surface area contributed by atoms with Gasteiger partial charge in [-0.15, -0.1) is 0 Å². The minimum atomic E-state index is -0.205. The van der Waals surface area contributed by atoms with Crippen molar-refractivity contribution in [2.24, 2.45) is 0 Å². The molecule has 1 aliphatic heterocycles. The Morgan fingerprint density at radius 1 is 0.857 bits per heavy atom. The molecule has 1 aliphatic rings. The summed E-state index contributed by atoms with van der Waals surface area (Å²) in [5.74, 6) is 0.112. The van der Waals surface area contributed by atoms with Crippen LogP contribution >= 0.6 is 0 Å². The standard InChI is InChI=1S/C28H28FN3O3/c29-24-10-3-1-7-22(24)20-32-19-21(23-9-2-4-11-25(23)32)8-5-13-27(33)30-14-16-31(17-15-30)28(34)26-12-6-18-35-26/h1-4,6-7,9-12,18-19H,5,8,13-17,20H2. The Bertz CT molecular complexity index is 1320. The number of furan rings is 1. The van der Waals surface area contributed by atoms with Crippen LogP contribution in [0.5, 0.6) is 0 Å². The number of aryl methyl sites for hydroxylation is 1. The van der Waals surface area contributed by atoms with Gasteiger partial charge in [-0.1, -0.05) is 36.4 Å². The van der Waals surface area contributed by atoms with E-state index in [2.05, 4.69) is 16.8 Å². The number of para-hydroxylation sites is 1. The predicted octanol–water partition coefficient (Wildman–Crippen LogP) is 4.73. The lowest BCUT2D eigenvalue weighted by Crippen LogP contribution is -2.50. The summed E-state index contributed by atoms with van der Waals surface area (Å²) >= 11 is 0. The summed E-state index contributed by atoms with van der Waals surface area (Å²) in [6.45, 7) is 2.55. The van der Waals surface area contributed by atoms with Crippen LogP contribution in [-0.4, -0.2) is 52.4 Å². The van der Waals surface area contributed by atoms with E-state index in [1.807, 2.05) is 35.2 Å². The molecule has 0 spiro atoms. The first-order chi connectivity index (χ1) is 17.1. The van der Waals surface area contributed by atoms with Crippen molar-refractivity contribution in [2.75, 3.05) is 26.2 Å². The quantitative estimate of drug-likeness (QED) is 0.390. The van der Waals surface area contributed by atoms with Crippen LogP contribution in [0.1, 0.15) is 34.5 Å². The zero-order valence-electron chi connectivity index (χ0n) is 19.5. The van der Waals surface area contributed by atoms with Crippen LogP contribution in [-0.2, 0) is 17.8 Å². The first kappa shape index (κ1) is 22.9. The highest BCUT2D eigenvalue weighted by atomic mass is 19.1. The first-order valence-electron chi connectivity index (χ1n) is 12.0. The number of hydrogen-bond acceptors (Lipinski definition) is 3. The molecule has 6 nitrogen and oxygen atoms in total. The van der Waals surface area contributed by atoms with Crippen LogP contribution in [0.2, 0.25) is 0 Å². The summed E-state index contributed by atoms with van der Waals surface area (Å²) < 4.78 is 21.5. The summed E-state index contributed by atoms with van der Waals surface area (Å²) in [5.41, 5.74) is 2.88. The van der Waals surface area contributed by atoms with Gasteiger partial charge in [0.1, 0.15) is 5.82 Å². The smallest absolute Gasteiger partial charge is 0.289 e. The molecule has 180 valence electrons. The summed E-state index contributed by atoms with van der Waals surface area (Å²) in [4.78, 5) is 28.8. The van der Waals surface area contributed by atoms with Crippen molar-refractivity contribution in [3.8, 4) is 0 Å². The predicted molar refractivity (Wildman–Crippen MR) is 132 cm³/mol. The lowest BCUT2D eigenvalue weighted by atomic mass is 10.1. The number of fused-ring (bicyclic) bond motifs is 1. The van der Waals surface area contributed by atoms with Crippen LogP contribution in [0, 0.1) is 5.82 Å². The Balaban J connectivity index is 1.17. The van der Waals surface area contributed by atoms with Crippen LogP contribution < -0.4 is 0 Å². The molecule has 4 aromatic rings. The Morgan fingerprint density at radius 3 is 2.37 bits per heavy atom. The van der Waals surface area contributed by atoms with Gasteiger partial charge in [0, 0.05) is 55.3 Å². The molecule has 0 radical (unpaired) electrons. The average molecular weight is 474 g/mol. The molecule has 0 saturated carbocycles. The Morgan fingerprint density at radius 2 is 1.60 bits per heavy atom. The zero-order valence-corrected chi connectivity index (χ0v) is 19.5. The molecule has 0 aliphatic carbocycles. The monoisotopic (exact) mass is 473 g/mol. The number of carbonyl (C=O) groups excluding carboxylic acids is 2. The van der Waals surface area contributed by atoms with Crippen LogP contribution in [0.25, 0.3) is 10.9 Å². The molecule has 5 rings (SSSR count). The second-order valence-electron chi connectivity index (χ2n) is 8.89. The molecule has 2 aromatic carbocycles. The van der Waals surface area contributed by atoms with E-state index in [1.54, 1.807) is 23.1 Å². The lowest BCUT2D eigenvalue weighted by molar-refractivity contribution is -0.132. The molecule has 0 bridgehead atoms. The van der Waals surface area contributed by atoms with Crippen molar-refractivity contribution in [1.29, 1.82) is 0 Å². The van der Waals surface area contributed by atoms with Crippen molar-refractivity contribution in [2.45, 2.75) is 25.8 Å². The van der Waals surface area contributed by atoms with Crippen LogP contribution in [0.3, 0.4) is 0 Å². The van der Waals surface area contributed by atoms with E-state index >= 15 is 0 Å². The maximum Gasteiger partial charge on any atom is 0.289 e. The molecule has 35 heavy (non-hydrogen) atoms. The van der Waals surface area contributed by atoms with Gasteiger partial charge in [0.05, 0.1) is 12.8 Å². The second kappa shape index (κ2) is 10.2. The fourth-order valence-corrected chi connectivity index (χ4v) is 4.77. The third-order valence-electron chi connectivity index (χ3n) is 6.66. The Hall–Kier alpha value is -3.87. The van der Waals surface area contributed by atoms with E-state index in [9.17, 15) is 14.0 Å². The molecule has 2 amide bonds. The van der Waals surface area contributed by atoms with Gasteiger partial charge in [-0.05, 0) is 42.7 Å². The van der Waals surface area contributed by atoms with E-state index in [0.717, 1.165) is 23.7 Å². The van der Waals surface area contributed by atoms with Gasteiger partial charge in [-0.2, -0.15) is 0 Å². The van der Waals surface area contributed by atoms with Gasteiger partial charge < -0.3 is 18.8 Å².